The molecule has 9 heteroatoms. The van der Waals surface area contributed by atoms with Crippen molar-refractivity contribution in [2.75, 3.05) is 0 Å². The van der Waals surface area contributed by atoms with Crippen molar-refractivity contribution in [1.82, 2.24) is 5.32 Å². The van der Waals surface area contributed by atoms with Gasteiger partial charge >= 0.3 is 6.36 Å². The van der Waals surface area contributed by atoms with Gasteiger partial charge in [-0.25, -0.2) is 4.39 Å². The summed E-state index contributed by atoms with van der Waals surface area (Å²) in [5.74, 6) is -1.66. The molecule has 28 heavy (non-hydrogen) atoms. The Kier molecular flexibility index (Phi) is 4.97. The standard InChI is InChI=1S/C19H17F4NO4/c1-18(2)16(25)15(24-17(26)10-4-3-5-11(20)8-10)13-9-12(27-19(21,22)23)6-7-14(13)28-18/h3-9,15-16,25H,1-2H3,(H,24,26). The van der Waals surface area contributed by atoms with Crippen molar-refractivity contribution in [1.29, 1.82) is 0 Å². The summed E-state index contributed by atoms with van der Waals surface area (Å²) >= 11 is 0. The van der Waals surface area contributed by atoms with Crippen LogP contribution in [-0.2, 0) is 0 Å². The molecule has 0 saturated heterocycles. The van der Waals surface area contributed by atoms with Gasteiger partial charge in [0.05, 0.1) is 6.04 Å². The number of carbonyl (C=O) groups is 1. The molecule has 2 atom stereocenters. The summed E-state index contributed by atoms with van der Waals surface area (Å²) in [7, 11) is 0. The van der Waals surface area contributed by atoms with Gasteiger partial charge in [0.2, 0.25) is 0 Å². The summed E-state index contributed by atoms with van der Waals surface area (Å²) < 4.78 is 60.5. The van der Waals surface area contributed by atoms with Gasteiger partial charge < -0.3 is 19.9 Å². The first-order chi connectivity index (χ1) is 13.0. The lowest BCUT2D eigenvalue weighted by molar-refractivity contribution is -0.274. The molecule has 1 aliphatic heterocycles. The Labute approximate surface area is 157 Å². The third-order valence-corrected chi connectivity index (χ3v) is 4.32. The lowest BCUT2D eigenvalue weighted by Crippen LogP contribution is -2.53. The second-order valence-corrected chi connectivity index (χ2v) is 6.86. The van der Waals surface area contributed by atoms with Crippen LogP contribution in [0.3, 0.4) is 0 Å². The van der Waals surface area contributed by atoms with Crippen molar-refractivity contribution in [2.24, 2.45) is 0 Å². The molecule has 1 aliphatic rings. The number of rotatable bonds is 3. The predicted molar refractivity (Wildman–Crippen MR) is 90.4 cm³/mol. The van der Waals surface area contributed by atoms with Crippen LogP contribution in [0, 0.1) is 5.82 Å². The molecule has 0 saturated carbocycles. The minimum absolute atomic E-state index is 0.000689. The quantitative estimate of drug-likeness (QED) is 0.772. The molecule has 1 amide bonds. The molecule has 2 aromatic carbocycles. The van der Waals surface area contributed by atoms with Crippen molar-refractivity contribution in [3.8, 4) is 11.5 Å². The van der Waals surface area contributed by atoms with Crippen LogP contribution < -0.4 is 14.8 Å². The van der Waals surface area contributed by atoms with Gasteiger partial charge in [0, 0.05) is 11.1 Å². The molecule has 0 fully saturated rings. The van der Waals surface area contributed by atoms with Crippen LogP contribution >= 0.6 is 0 Å². The van der Waals surface area contributed by atoms with Gasteiger partial charge in [-0.1, -0.05) is 6.07 Å². The van der Waals surface area contributed by atoms with E-state index in [1.54, 1.807) is 13.8 Å². The highest BCUT2D eigenvalue weighted by Crippen LogP contribution is 2.42. The zero-order valence-electron chi connectivity index (χ0n) is 14.9. The van der Waals surface area contributed by atoms with E-state index in [1.165, 1.54) is 24.3 Å². The second kappa shape index (κ2) is 6.97. The normalized spacial score (nSPS) is 20.7. The number of alkyl halides is 3. The van der Waals surface area contributed by atoms with Crippen LogP contribution in [0.25, 0.3) is 0 Å². The first kappa shape index (κ1) is 19.9. The van der Waals surface area contributed by atoms with Gasteiger partial charge in [-0.15, -0.1) is 13.2 Å². The van der Waals surface area contributed by atoms with Crippen LogP contribution in [0.5, 0.6) is 11.5 Å². The van der Waals surface area contributed by atoms with Crippen molar-refractivity contribution in [3.63, 3.8) is 0 Å². The Morgan fingerprint density at radius 2 is 1.93 bits per heavy atom. The number of amides is 1. The van der Waals surface area contributed by atoms with Crippen molar-refractivity contribution in [2.45, 2.75) is 38.0 Å². The number of hydrogen-bond donors (Lipinski definition) is 2. The van der Waals surface area contributed by atoms with Gasteiger partial charge in [0.25, 0.3) is 5.91 Å². The van der Waals surface area contributed by atoms with Gasteiger partial charge in [0.1, 0.15) is 29.0 Å². The van der Waals surface area contributed by atoms with E-state index in [1.807, 2.05) is 0 Å². The Morgan fingerprint density at radius 3 is 2.57 bits per heavy atom. The number of fused-ring (bicyclic) bond motifs is 1. The minimum Gasteiger partial charge on any atom is -0.485 e. The molecule has 2 unspecified atom stereocenters. The number of aliphatic hydroxyl groups excluding tert-OH is 1. The number of benzene rings is 2. The Morgan fingerprint density at radius 1 is 1.21 bits per heavy atom. The lowest BCUT2D eigenvalue weighted by Gasteiger charge is -2.42. The number of aliphatic hydroxyl groups is 1. The maximum atomic E-state index is 13.4. The summed E-state index contributed by atoms with van der Waals surface area (Å²) in [5, 5.41) is 13.2. The van der Waals surface area contributed by atoms with Crippen LogP contribution in [0.2, 0.25) is 0 Å². The third kappa shape index (κ3) is 4.19. The van der Waals surface area contributed by atoms with Gasteiger partial charge in [0.15, 0.2) is 0 Å². The Hall–Kier alpha value is -2.81. The maximum Gasteiger partial charge on any atom is 0.573 e. The summed E-state index contributed by atoms with van der Waals surface area (Å²) in [6, 6.07) is 7.17. The SMILES string of the molecule is CC1(C)Oc2ccc(OC(F)(F)F)cc2C(NC(=O)c2cccc(F)c2)C1O. The number of ether oxygens (including phenoxy) is 2. The number of hydrogen-bond acceptors (Lipinski definition) is 4. The molecule has 0 bridgehead atoms. The highest BCUT2D eigenvalue weighted by molar-refractivity contribution is 5.94. The monoisotopic (exact) mass is 399 g/mol. The molecule has 3 rings (SSSR count). The third-order valence-electron chi connectivity index (χ3n) is 4.32. The molecule has 150 valence electrons. The van der Waals surface area contributed by atoms with E-state index in [0.717, 1.165) is 18.2 Å². The van der Waals surface area contributed by atoms with Gasteiger partial charge in [-0.2, -0.15) is 0 Å². The predicted octanol–water partition coefficient (Wildman–Crippen LogP) is 3.73. The van der Waals surface area contributed by atoms with E-state index in [-0.39, 0.29) is 16.9 Å². The number of nitrogens with one attached hydrogen (secondary N) is 1. The highest BCUT2D eigenvalue weighted by Gasteiger charge is 2.44. The second-order valence-electron chi connectivity index (χ2n) is 6.86. The molecular weight excluding hydrogens is 382 g/mol. The Bertz CT molecular complexity index is 898. The number of halogens is 4. The zero-order valence-corrected chi connectivity index (χ0v) is 14.9. The fraction of sp³-hybridized carbons (Fsp3) is 0.316. The average Bonchev–Trinajstić information content (AvgIpc) is 2.58. The van der Waals surface area contributed by atoms with Crippen LogP contribution in [0.1, 0.15) is 35.8 Å². The molecule has 0 aromatic heterocycles. The first-order valence-corrected chi connectivity index (χ1v) is 8.29. The van der Waals surface area contributed by atoms with Crippen LogP contribution in [0.15, 0.2) is 42.5 Å². The van der Waals surface area contributed by atoms with E-state index in [2.05, 4.69) is 10.1 Å². The van der Waals surface area contributed by atoms with Gasteiger partial charge in [-0.3, -0.25) is 4.79 Å². The molecule has 2 N–H and O–H groups in total. The Balaban J connectivity index is 1.97. The van der Waals surface area contributed by atoms with Crippen LogP contribution in [-0.4, -0.2) is 29.1 Å². The highest BCUT2D eigenvalue weighted by atomic mass is 19.4. The van der Waals surface area contributed by atoms with E-state index in [9.17, 15) is 27.5 Å². The molecule has 0 spiro atoms. The molecule has 0 radical (unpaired) electrons. The van der Waals surface area contributed by atoms with Crippen molar-refractivity contribution in [3.05, 3.63) is 59.4 Å². The van der Waals surface area contributed by atoms with Crippen molar-refractivity contribution >= 4 is 5.91 Å². The molecular formula is C19H17F4NO4. The summed E-state index contributed by atoms with van der Waals surface area (Å²) in [6.45, 7) is 3.14. The number of carbonyl (C=O) groups excluding carboxylic acids is 1. The van der Waals surface area contributed by atoms with Crippen molar-refractivity contribution < 1.29 is 36.9 Å². The minimum atomic E-state index is -4.90. The largest absolute Gasteiger partial charge is 0.573 e. The fourth-order valence-corrected chi connectivity index (χ4v) is 2.99. The van der Waals surface area contributed by atoms with E-state index < -0.39 is 41.6 Å². The first-order valence-electron chi connectivity index (χ1n) is 8.29. The summed E-state index contributed by atoms with van der Waals surface area (Å²) in [5.41, 5.74) is -1.03. The summed E-state index contributed by atoms with van der Waals surface area (Å²) in [4.78, 5) is 12.5. The van der Waals surface area contributed by atoms with E-state index >= 15 is 0 Å². The van der Waals surface area contributed by atoms with E-state index in [0.29, 0.717) is 0 Å². The molecule has 2 aromatic rings. The van der Waals surface area contributed by atoms with E-state index in [4.69, 9.17) is 4.74 Å². The molecule has 0 aliphatic carbocycles. The smallest absolute Gasteiger partial charge is 0.485 e. The van der Waals surface area contributed by atoms with Gasteiger partial charge in [-0.05, 0) is 50.2 Å². The lowest BCUT2D eigenvalue weighted by atomic mass is 9.86. The zero-order chi connectivity index (χ0) is 20.7. The molecule has 5 nitrogen and oxygen atoms in total. The fourth-order valence-electron chi connectivity index (χ4n) is 2.99. The average molecular weight is 399 g/mol. The maximum absolute atomic E-state index is 13.4. The summed E-state index contributed by atoms with van der Waals surface area (Å²) in [6.07, 6.45) is -6.19. The topological polar surface area (TPSA) is 67.8 Å². The van der Waals surface area contributed by atoms with Crippen LogP contribution in [0.4, 0.5) is 17.6 Å². The molecule has 1 heterocycles.